The summed E-state index contributed by atoms with van der Waals surface area (Å²) in [7, 11) is 0. The summed E-state index contributed by atoms with van der Waals surface area (Å²) in [5.41, 5.74) is 3.02. The van der Waals surface area contributed by atoms with Gasteiger partial charge in [-0.25, -0.2) is 0 Å². The van der Waals surface area contributed by atoms with Gasteiger partial charge in [-0.3, -0.25) is 11.3 Å². The van der Waals surface area contributed by atoms with Gasteiger partial charge in [0.15, 0.2) is 0 Å². The molecule has 0 radical (unpaired) electrons. The molecular formula is C16H22N2O2. The van der Waals surface area contributed by atoms with Crippen molar-refractivity contribution < 1.29 is 8.83 Å². The molecule has 3 rings (SSSR count). The van der Waals surface area contributed by atoms with Crippen molar-refractivity contribution >= 4 is 0 Å². The highest BCUT2D eigenvalue weighted by atomic mass is 16.3. The van der Waals surface area contributed by atoms with Crippen LogP contribution in [0.25, 0.3) is 0 Å². The molecule has 1 aliphatic rings. The summed E-state index contributed by atoms with van der Waals surface area (Å²) in [4.78, 5) is 0. The number of rotatable bonds is 5. The normalized spacial score (nSPS) is 26.8. The van der Waals surface area contributed by atoms with Gasteiger partial charge in [-0.05, 0) is 43.0 Å². The fourth-order valence-electron chi connectivity index (χ4n) is 3.48. The maximum absolute atomic E-state index is 5.95. The van der Waals surface area contributed by atoms with Crippen LogP contribution in [-0.2, 0) is 12.8 Å². The van der Waals surface area contributed by atoms with Crippen LogP contribution in [0.4, 0.5) is 0 Å². The van der Waals surface area contributed by atoms with Crippen LogP contribution in [0.5, 0.6) is 0 Å². The Hall–Kier alpha value is -1.52. The van der Waals surface area contributed by atoms with E-state index < -0.39 is 0 Å². The van der Waals surface area contributed by atoms with Crippen LogP contribution in [0.15, 0.2) is 45.6 Å². The number of hydrazine groups is 1. The highest BCUT2D eigenvalue weighted by Crippen LogP contribution is 2.38. The Kier molecular flexibility index (Phi) is 3.94. The lowest BCUT2D eigenvalue weighted by Gasteiger charge is -2.43. The smallest absolute Gasteiger partial charge is 0.105 e. The first-order chi connectivity index (χ1) is 9.82. The first-order valence-corrected chi connectivity index (χ1v) is 7.35. The summed E-state index contributed by atoms with van der Waals surface area (Å²) in [5.74, 6) is 8.45. The topological polar surface area (TPSA) is 64.3 Å². The molecule has 3 N–H and O–H groups in total. The van der Waals surface area contributed by atoms with E-state index >= 15 is 0 Å². The van der Waals surface area contributed by atoms with Crippen molar-refractivity contribution in [3.63, 3.8) is 0 Å². The molecule has 0 aromatic carbocycles. The van der Waals surface area contributed by atoms with E-state index in [2.05, 4.69) is 5.43 Å². The maximum atomic E-state index is 5.95. The molecule has 1 aliphatic carbocycles. The molecule has 0 saturated heterocycles. The Bertz CT molecular complexity index is 507. The second-order valence-electron chi connectivity index (χ2n) is 5.78. The second-order valence-corrected chi connectivity index (χ2v) is 5.78. The Morgan fingerprint density at radius 3 is 2.55 bits per heavy atom. The molecule has 0 amide bonds. The Labute approximate surface area is 119 Å². The number of furan rings is 2. The van der Waals surface area contributed by atoms with E-state index in [-0.39, 0.29) is 5.54 Å². The van der Waals surface area contributed by atoms with Crippen LogP contribution in [0.3, 0.4) is 0 Å². The monoisotopic (exact) mass is 274 g/mol. The van der Waals surface area contributed by atoms with Gasteiger partial charge in [0.05, 0.1) is 12.5 Å². The summed E-state index contributed by atoms with van der Waals surface area (Å²) in [5, 5.41) is 0. The van der Waals surface area contributed by atoms with Crippen LogP contribution in [0.1, 0.15) is 37.2 Å². The summed E-state index contributed by atoms with van der Waals surface area (Å²) >= 11 is 0. The van der Waals surface area contributed by atoms with Crippen molar-refractivity contribution in [2.24, 2.45) is 11.8 Å². The zero-order valence-corrected chi connectivity index (χ0v) is 11.7. The summed E-state index contributed by atoms with van der Waals surface area (Å²) in [6.07, 6.45) is 9.94. The largest absolute Gasteiger partial charge is 0.469 e. The Morgan fingerprint density at radius 2 is 1.90 bits per heavy atom. The van der Waals surface area contributed by atoms with Gasteiger partial charge in [0.1, 0.15) is 11.5 Å². The predicted octanol–water partition coefficient (Wildman–Crippen LogP) is 3.05. The molecular weight excluding hydrogens is 252 g/mol. The van der Waals surface area contributed by atoms with Gasteiger partial charge in [-0.1, -0.05) is 12.8 Å². The quantitative estimate of drug-likeness (QED) is 0.649. The molecule has 2 atom stereocenters. The molecule has 2 unspecified atom stereocenters. The molecule has 4 nitrogen and oxygen atoms in total. The maximum Gasteiger partial charge on any atom is 0.105 e. The van der Waals surface area contributed by atoms with Gasteiger partial charge in [-0.2, -0.15) is 0 Å². The molecule has 1 saturated carbocycles. The second kappa shape index (κ2) is 5.85. The fraction of sp³-hybridized carbons (Fsp3) is 0.500. The van der Waals surface area contributed by atoms with Gasteiger partial charge in [0, 0.05) is 18.4 Å². The lowest BCUT2D eigenvalue weighted by atomic mass is 9.69. The third kappa shape index (κ3) is 2.67. The Balaban J connectivity index is 1.80. The van der Waals surface area contributed by atoms with Crippen LogP contribution in [-0.4, -0.2) is 5.54 Å². The number of nitrogens with two attached hydrogens (primary N) is 1. The molecule has 20 heavy (non-hydrogen) atoms. The Morgan fingerprint density at radius 1 is 1.15 bits per heavy atom. The van der Waals surface area contributed by atoms with E-state index in [0.29, 0.717) is 5.92 Å². The van der Waals surface area contributed by atoms with Crippen LogP contribution in [0.2, 0.25) is 0 Å². The van der Waals surface area contributed by atoms with Crippen molar-refractivity contribution in [1.82, 2.24) is 5.43 Å². The van der Waals surface area contributed by atoms with Gasteiger partial charge in [0.2, 0.25) is 0 Å². The lowest BCUT2D eigenvalue weighted by Crippen LogP contribution is -2.58. The first kappa shape index (κ1) is 13.5. The van der Waals surface area contributed by atoms with Crippen molar-refractivity contribution in [3.05, 3.63) is 48.3 Å². The standard InChI is InChI=1S/C16H22N2O2/c17-18-16(12-15-7-4-10-20-15)8-2-1-5-13(16)11-14-6-3-9-19-14/h3-4,6-7,9-10,13,18H,1-2,5,8,11-12,17H2. The third-order valence-corrected chi connectivity index (χ3v) is 4.59. The van der Waals surface area contributed by atoms with Crippen molar-refractivity contribution in [2.45, 2.75) is 44.1 Å². The van der Waals surface area contributed by atoms with Crippen molar-refractivity contribution in [2.75, 3.05) is 0 Å². The van der Waals surface area contributed by atoms with Crippen LogP contribution < -0.4 is 11.3 Å². The van der Waals surface area contributed by atoms with E-state index in [1.54, 1.807) is 12.5 Å². The van der Waals surface area contributed by atoms with E-state index in [4.69, 9.17) is 14.7 Å². The van der Waals surface area contributed by atoms with E-state index in [1.165, 1.54) is 19.3 Å². The third-order valence-electron chi connectivity index (χ3n) is 4.59. The molecule has 2 aromatic rings. The van der Waals surface area contributed by atoms with Gasteiger partial charge in [-0.15, -0.1) is 0 Å². The lowest BCUT2D eigenvalue weighted by molar-refractivity contribution is 0.128. The first-order valence-electron chi connectivity index (χ1n) is 7.35. The summed E-state index contributed by atoms with van der Waals surface area (Å²) < 4.78 is 11.0. The molecule has 108 valence electrons. The van der Waals surface area contributed by atoms with Crippen LogP contribution in [0, 0.1) is 5.92 Å². The molecule has 0 aliphatic heterocycles. The van der Waals surface area contributed by atoms with Crippen molar-refractivity contribution in [3.8, 4) is 0 Å². The minimum atomic E-state index is -0.0944. The molecule has 4 heteroatoms. The zero-order valence-electron chi connectivity index (χ0n) is 11.7. The SMILES string of the molecule is NNC1(Cc2ccco2)CCCCC1Cc1ccco1. The number of hydrogen-bond acceptors (Lipinski definition) is 4. The van der Waals surface area contributed by atoms with E-state index in [1.807, 2.05) is 24.3 Å². The average molecular weight is 274 g/mol. The minimum absolute atomic E-state index is 0.0944. The molecule has 2 aromatic heterocycles. The average Bonchev–Trinajstić information content (AvgIpc) is 3.14. The van der Waals surface area contributed by atoms with Gasteiger partial charge in [0.25, 0.3) is 0 Å². The minimum Gasteiger partial charge on any atom is -0.469 e. The molecule has 2 heterocycles. The molecule has 0 spiro atoms. The zero-order chi connectivity index (χ0) is 13.8. The van der Waals surface area contributed by atoms with Gasteiger partial charge < -0.3 is 8.83 Å². The number of nitrogens with one attached hydrogen (secondary N) is 1. The molecule has 1 fully saturated rings. The van der Waals surface area contributed by atoms with Crippen molar-refractivity contribution in [1.29, 1.82) is 0 Å². The highest BCUT2D eigenvalue weighted by molar-refractivity contribution is 5.11. The highest BCUT2D eigenvalue weighted by Gasteiger charge is 2.41. The summed E-state index contributed by atoms with van der Waals surface area (Å²) in [6, 6.07) is 7.95. The van der Waals surface area contributed by atoms with Crippen LogP contribution >= 0.6 is 0 Å². The summed E-state index contributed by atoms with van der Waals surface area (Å²) in [6.45, 7) is 0. The fourth-order valence-corrected chi connectivity index (χ4v) is 3.48. The predicted molar refractivity (Wildman–Crippen MR) is 76.8 cm³/mol. The van der Waals surface area contributed by atoms with Gasteiger partial charge >= 0.3 is 0 Å². The number of hydrogen-bond donors (Lipinski definition) is 2. The molecule has 0 bridgehead atoms. The van der Waals surface area contributed by atoms with E-state index in [0.717, 1.165) is 30.8 Å². The van der Waals surface area contributed by atoms with E-state index in [9.17, 15) is 0 Å².